The number of carbonyl (C=O) groups excluding carboxylic acids is 2. The number of amides is 1. The highest BCUT2D eigenvalue weighted by atomic mass is 16.5. The van der Waals surface area contributed by atoms with E-state index in [2.05, 4.69) is 13.8 Å². The van der Waals surface area contributed by atoms with Crippen LogP contribution in [-0.4, -0.2) is 29.5 Å². The molecule has 1 fully saturated rings. The standard InChI is InChI=1S/C31H33NO5/c1-19(2)18-36-24-16-12-23(13-17-24)32-28(26-9-7-6-8-21(26)5)27(30(34)31(32)35)29(33)22-10-14-25(15-11-22)37-20(3)4/h6-17,19-20,28,33H,18H2,1-5H3/b29-27-. The van der Waals surface area contributed by atoms with Crippen LogP contribution in [0.4, 0.5) is 5.69 Å². The summed E-state index contributed by atoms with van der Waals surface area (Å²) >= 11 is 0. The van der Waals surface area contributed by atoms with Gasteiger partial charge in [0.1, 0.15) is 17.3 Å². The van der Waals surface area contributed by atoms with Gasteiger partial charge in [-0.25, -0.2) is 0 Å². The molecule has 192 valence electrons. The van der Waals surface area contributed by atoms with Crippen LogP contribution in [0.15, 0.2) is 78.4 Å². The number of aliphatic hydroxyl groups excluding tert-OH is 1. The predicted octanol–water partition coefficient (Wildman–Crippen LogP) is 6.44. The summed E-state index contributed by atoms with van der Waals surface area (Å²) in [4.78, 5) is 28.3. The van der Waals surface area contributed by atoms with Gasteiger partial charge in [0.25, 0.3) is 11.7 Å². The molecular formula is C31H33NO5. The number of aryl methyl sites for hydroxylation is 1. The predicted molar refractivity (Wildman–Crippen MR) is 145 cm³/mol. The smallest absolute Gasteiger partial charge is 0.300 e. The minimum atomic E-state index is -0.782. The largest absolute Gasteiger partial charge is 0.507 e. The van der Waals surface area contributed by atoms with Crippen molar-refractivity contribution < 1.29 is 24.2 Å². The Morgan fingerprint density at radius 2 is 1.51 bits per heavy atom. The molecule has 1 saturated heterocycles. The monoisotopic (exact) mass is 499 g/mol. The average Bonchev–Trinajstić information content (AvgIpc) is 3.13. The summed E-state index contributed by atoms with van der Waals surface area (Å²) in [5, 5.41) is 11.4. The van der Waals surface area contributed by atoms with Crippen molar-refractivity contribution in [2.24, 2.45) is 5.92 Å². The number of nitrogens with zero attached hydrogens (tertiary/aromatic N) is 1. The van der Waals surface area contributed by atoms with E-state index in [-0.39, 0.29) is 17.4 Å². The van der Waals surface area contributed by atoms with Gasteiger partial charge in [0.05, 0.1) is 24.3 Å². The lowest BCUT2D eigenvalue weighted by Gasteiger charge is -2.27. The van der Waals surface area contributed by atoms with Crippen LogP contribution in [0.5, 0.6) is 11.5 Å². The Bertz CT molecular complexity index is 1310. The lowest BCUT2D eigenvalue weighted by Crippen LogP contribution is -2.29. The highest BCUT2D eigenvalue weighted by Crippen LogP contribution is 2.43. The number of ketones is 1. The molecule has 1 unspecified atom stereocenters. The highest BCUT2D eigenvalue weighted by Gasteiger charge is 2.47. The van der Waals surface area contributed by atoms with E-state index in [1.165, 1.54) is 4.90 Å². The van der Waals surface area contributed by atoms with Crippen molar-refractivity contribution in [1.29, 1.82) is 0 Å². The Balaban J connectivity index is 1.79. The molecule has 0 saturated carbocycles. The topological polar surface area (TPSA) is 76.1 Å². The maximum Gasteiger partial charge on any atom is 0.300 e. The zero-order valence-corrected chi connectivity index (χ0v) is 21.9. The number of benzene rings is 3. The first kappa shape index (κ1) is 26.0. The molecular weight excluding hydrogens is 466 g/mol. The first-order chi connectivity index (χ1) is 17.7. The molecule has 0 spiro atoms. The van der Waals surface area contributed by atoms with Gasteiger partial charge in [-0.05, 0) is 86.3 Å². The molecule has 1 amide bonds. The van der Waals surface area contributed by atoms with E-state index in [0.29, 0.717) is 35.3 Å². The van der Waals surface area contributed by atoms with Crippen molar-refractivity contribution in [3.8, 4) is 11.5 Å². The molecule has 6 nitrogen and oxygen atoms in total. The fourth-order valence-corrected chi connectivity index (χ4v) is 4.37. The van der Waals surface area contributed by atoms with Crippen LogP contribution in [0.3, 0.4) is 0 Å². The Morgan fingerprint density at radius 3 is 2.11 bits per heavy atom. The summed E-state index contributed by atoms with van der Waals surface area (Å²) in [5.74, 6) is 0.0814. The van der Waals surface area contributed by atoms with Crippen LogP contribution in [0.1, 0.15) is 50.4 Å². The molecule has 1 aliphatic heterocycles. The van der Waals surface area contributed by atoms with Crippen LogP contribution in [0.2, 0.25) is 0 Å². The maximum atomic E-state index is 13.4. The van der Waals surface area contributed by atoms with Crippen molar-refractivity contribution >= 4 is 23.1 Å². The van der Waals surface area contributed by atoms with Gasteiger partial charge in [-0.15, -0.1) is 0 Å². The van der Waals surface area contributed by atoms with Crippen molar-refractivity contribution in [3.63, 3.8) is 0 Å². The zero-order valence-electron chi connectivity index (χ0n) is 21.9. The van der Waals surface area contributed by atoms with E-state index in [9.17, 15) is 14.7 Å². The van der Waals surface area contributed by atoms with E-state index in [4.69, 9.17) is 9.47 Å². The fraction of sp³-hybridized carbons (Fsp3) is 0.290. The number of aliphatic hydroxyl groups is 1. The molecule has 0 bridgehead atoms. The molecule has 1 aliphatic rings. The van der Waals surface area contributed by atoms with E-state index < -0.39 is 17.7 Å². The quantitative estimate of drug-likeness (QED) is 0.219. The zero-order chi connectivity index (χ0) is 26.7. The van der Waals surface area contributed by atoms with Gasteiger partial charge in [-0.3, -0.25) is 14.5 Å². The van der Waals surface area contributed by atoms with Gasteiger partial charge < -0.3 is 14.6 Å². The summed E-state index contributed by atoms with van der Waals surface area (Å²) in [5.41, 5.74) is 2.71. The van der Waals surface area contributed by atoms with Gasteiger partial charge in [0.15, 0.2) is 0 Å². The number of carbonyl (C=O) groups is 2. The Hall–Kier alpha value is -4.06. The number of rotatable bonds is 8. The van der Waals surface area contributed by atoms with Crippen molar-refractivity contribution in [1.82, 2.24) is 0 Å². The second kappa shape index (κ2) is 10.9. The Morgan fingerprint density at radius 1 is 0.892 bits per heavy atom. The van der Waals surface area contributed by atoms with E-state index in [1.807, 2.05) is 45.0 Å². The summed E-state index contributed by atoms with van der Waals surface area (Å²) in [6.07, 6.45) is 0.00740. The molecule has 0 aromatic heterocycles. The molecule has 6 heteroatoms. The second-order valence-electron chi connectivity index (χ2n) is 9.92. The second-order valence-corrected chi connectivity index (χ2v) is 9.92. The molecule has 0 radical (unpaired) electrons. The third-order valence-corrected chi connectivity index (χ3v) is 6.13. The summed E-state index contributed by atoms with van der Waals surface area (Å²) in [6.45, 7) is 10.5. The first-order valence-corrected chi connectivity index (χ1v) is 12.5. The third-order valence-electron chi connectivity index (χ3n) is 6.13. The Kier molecular flexibility index (Phi) is 7.67. The van der Waals surface area contributed by atoms with E-state index in [1.54, 1.807) is 48.5 Å². The van der Waals surface area contributed by atoms with Crippen molar-refractivity contribution in [2.45, 2.75) is 46.8 Å². The first-order valence-electron chi connectivity index (χ1n) is 12.5. The van der Waals surface area contributed by atoms with E-state index >= 15 is 0 Å². The van der Waals surface area contributed by atoms with Crippen molar-refractivity contribution in [3.05, 3.63) is 95.1 Å². The highest BCUT2D eigenvalue weighted by molar-refractivity contribution is 6.51. The van der Waals surface area contributed by atoms with Crippen LogP contribution < -0.4 is 14.4 Å². The van der Waals surface area contributed by atoms with E-state index in [0.717, 1.165) is 11.1 Å². The SMILES string of the molecule is Cc1ccccc1C1/C(=C(/O)c2ccc(OC(C)C)cc2)C(=O)C(=O)N1c1ccc(OCC(C)C)cc1. The number of hydrogen-bond donors (Lipinski definition) is 1. The van der Waals surface area contributed by atoms with Gasteiger partial charge in [-0.1, -0.05) is 38.1 Å². The molecule has 3 aromatic carbocycles. The molecule has 1 N–H and O–H groups in total. The number of Topliss-reactive ketones (excluding diaryl/α,β-unsaturated/α-hetero) is 1. The molecule has 37 heavy (non-hydrogen) atoms. The summed E-state index contributed by atoms with van der Waals surface area (Å²) in [6, 6.07) is 20.8. The molecule has 1 atom stereocenters. The van der Waals surface area contributed by atoms with Crippen molar-refractivity contribution in [2.75, 3.05) is 11.5 Å². The lowest BCUT2D eigenvalue weighted by molar-refractivity contribution is -0.132. The minimum Gasteiger partial charge on any atom is -0.507 e. The summed E-state index contributed by atoms with van der Waals surface area (Å²) < 4.78 is 11.5. The third kappa shape index (κ3) is 5.53. The molecule has 4 rings (SSSR count). The number of hydrogen-bond acceptors (Lipinski definition) is 5. The average molecular weight is 500 g/mol. The fourth-order valence-electron chi connectivity index (χ4n) is 4.37. The molecule has 1 heterocycles. The summed E-state index contributed by atoms with van der Waals surface area (Å²) in [7, 11) is 0. The van der Waals surface area contributed by atoms with Gasteiger partial charge in [-0.2, -0.15) is 0 Å². The maximum absolute atomic E-state index is 13.4. The minimum absolute atomic E-state index is 0.00740. The Labute approximate surface area is 218 Å². The molecule has 3 aromatic rings. The van der Waals surface area contributed by atoms with Gasteiger partial charge in [0.2, 0.25) is 0 Å². The van der Waals surface area contributed by atoms with Crippen LogP contribution >= 0.6 is 0 Å². The van der Waals surface area contributed by atoms with Gasteiger partial charge >= 0.3 is 0 Å². The van der Waals surface area contributed by atoms with Gasteiger partial charge in [0, 0.05) is 11.3 Å². The van der Waals surface area contributed by atoms with Crippen LogP contribution in [-0.2, 0) is 9.59 Å². The molecule has 0 aliphatic carbocycles. The van der Waals surface area contributed by atoms with Crippen LogP contribution in [0.25, 0.3) is 5.76 Å². The number of ether oxygens (including phenoxy) is 2. The number of anilines is 1. The van der Waals surface area contributed by atoms with Crippen LogP contribution in [0, 0.1) is 12.8 Å². The lowest BCUT2D eigenvalue weighted by atomic mass is 9.92. The normalized spacial score (nSPS) is 17.1.